The molecule has 1 aromatic carbocycles. The summed E-state index contributed by atoms with van der Waals surface area (Å²) in [6, 6.07) is 10.1. The topological polar surface area (TPSA) is 57.7 Å². The van der Waals surface area contributed by atoms with Crippen molar-refractivity contribution in [3.05, 3.63) is 35.9 Å². The molecular formula is C17H22N2O3S. The number of benzene rings is 1. The molecule has 0 unspecified atom stereocenters. The molecular weight excluding hydrogens is 312 g/mol. The van der Waals surface area contributed by atoms with Crippen LogP contribution in [0.4, 0.5) is 0 Å². The molecule has 5 nitrogen and oxygen atoms in total. The van der Waals surface area contributed by atoms with Crippen LogP contribution in [-0.2, 0) is 14.8 Å². The Labute approximate surface area is 137 Å². The summed E-state index contributed by atoms with van der Waals surface area (Å²) in [5.41, 5.74) is 0.735. The van der Waals surface area contributed by atoms with Crippen LogP contribution in [0.15, 0.2) is 30.3 Å². The number of piperidine rings is 1. The van der Waals surface area contributed by atoms with Crippen LogP contribution in [-0.4, -0.2) is 48.9 Å². The first-order valence-corrected chi connectivity index (χ1v) is 9.78. The van der Waals surface area contributed by atoms with Crippen LogP contribution in [0.5, 0.6) is 0 Å². The highest BCUT2D eigenvalue weighted by atomic mass is 32.2. The zero-order chi connectivity index (χ0) is 16.2. The lowest BCUT2D eigenvalue weighted by Gasteiger charge is -2.57. The van der Waals surface area contributed by atoms with Gasteiger partial charge < -0.3 is 4.90 Å². The van der Waals surface area contributed by atoms with Gasteiger partial charge in [-0.25, -0.2) is 12.7 Å². The van der Waals surface area contributed by atoms with Gasteiger partial charge in [0.25, 0.3) is 0 Å². The van der Waals surface area contributed by atoms with Gasteiger partial charge in [0, 0.05) is 20.1 Å². The van der Waals surface area contributed by atoms with Crippen molar-refractivity contribution in [2.24, 2.45) is 5.41 Å². The van der Waals surface area contributed by atoms with Crippen LogP contribution in [0, 0.1) is 5.41 Å². The molecule has 1 aliphatic carbocycles. The van der Waals surface area contributed by atoms with Gasteiger partial charge in [-0.05, 0) is 31.2 Å². The van der Waals surface area contributed by atoms with Gasteiger partial charge in [0.05, 0.1) is 16.7 Å². The van der Waals surface area contributed by atoms with Crippen molar-refractivity contribution < 1.29 is 13.2 Å². The number of nitrogens with zero attached hydrogens (tertiary/aromatic N) is 2. The largest absolute Gasteiger partial charge is 0.337 e. The fraction of sp³-hybridized carbons (Fsp3) is 0.588. The van der Waals surface area contributed by atoms with E-state index in [-0.39, 0.29) is 17.2 Å². The molecule has 124 valence electrons. The Bertz CT molecular complexity index is 719. The summed E-state index contributed by atoms with van der Waals surface area (Å²) in [6.07, 6.45) is 2.83. The molecule has 0 N–H and O–H groups in total. The first-order chi connectivity index (χ1) is 11.0. The summed E-state index contributed by atoms with van der Waals surface area (Å²) in [4.78, 5) is 14.4. The van der Waals surface area contributed by atoms with Crippen LogP contribution < -0.4 is 0 Å². The molecule has 6 heteroatoms. The Morgan fingerprint density at radius 3 is 2.26 bits per heavy atom. The average Bonchev–Trinajstić information content (AvgIpc) is 3.41. The maximum absolute atomic E-state index is 12.6. The van der Waals surface area contributed by atoms with E-state index in [9.17, 15) is 13.2 Å². The molecule has 2 aliphatic heterocycles. The number of rotatable bonds is 3. The minimum Gasteiger partial charge on any atom is -0.337 e. The van der Waals surface area contributed by atoms with Crippen LogP contribution in [0.2, 0.25) is 0 Å². The fourth-order valence-corrected chi connectivity index (χ4v) is 6.12. The highest BCUT2D eigenvalue weighted by Crippen LogP contribution is 2.55. The summed E-state index contributed by atoms with van der Waals surface area (Å²) in [5, 5.41) is -0.166. The third kappa shape index (κ3) is 2.15. The van der Waals surface area contributed by atoms with Gasteiger partial charge in [0.1, 0.15) is 0 Å². The third-order valence-electron chi connectivity index (χ3n) is 5.69. The second-order valence-corrected chi connectivity index (χ2v) is 9.24. The molecule has 3 fully saturated rings. The van der Waals surface area contributed by atoms with Crippen molar-refractivity contribution in [3.63, 3.8) is 0 Å². The van der Waals surface area contributed by atoms with E-state index >= 15 is 0 Å². The lowest BCUT2D eigenvalue weighted by molar-refractivity contribution is -0.175. The SMILES string of the molecule is CN1C(=O)C2(CCN(S(=O)(=O)C3CC3)CC2)[C@@H]1c1ccccc1. The predicted molar refractivity (Wildman–Crippen MR) is 87.1 cm³/mol. The summed E-state index contributed by atoms with van der Waals surface area (Å²) in [5.74, 6) is 0.162. The van der Waals surface area contributed by atoms with Crippen molar-refractivity contribution in [2.75, 3.05) is 20.1 Å². The normalized spacial score (nSPS) is 28.0. The Hall–Kier alpha value is -1.40. The molecule has 1 aromatic rings. The highest BCUT2D eigenvalue weighted by molar-refractivity contribution is 7.90. The van der Waals surface area contributed by atoms with E-state index in [1.54, 1.807) is 9.21 Å². The second-order valence-electron chi connectivity index (χ2n) is 7.03. The number of likely N-dealkylation sites (tertiary alicyclic amines) is 1. The molecule has 2 saturated heterocycles. The molecule has 4 rings (SSSR count). The number of carbonyl (C=O) groups is 1. The van der Waals surface area contributed by atoms with E-state index in [1.807, 2.05) is 25.2 Å². The van der Waals surface area contributed by atoms with E-state index in [2.05, 4.69) is 12.1 Å². The van der Waals surface area contributed by atoms with Gasteiger partial charge in [-0.1, -0.05) is 30.3 Å². The molecule has 1 spiro atoms. The zero-order valence-electron chi connectivity index (χ0n) is 13.3. The smallest absolute Gasteiger partial charge is 0.231 e. The van der Waals surface area contributed by atoms with Crippen LogP contribution in [0.1, 0.15) is 37.3 Å². The van der Waals surface area contributed by atoms with Gasteiger partial charge in [-0.2, -0.15) is 0 Å². The number of β-lactam (4-membered cyclic amide) rings is 1. The molecule has 2 heterocycles. The minimum atomic E-state index is -3.13. The molecule has 0 aromatic heterocycles. The minimum absolute atomic E-state index is 0.0713. The molecule has 23 heavy (non-hydrogen) atoms. The number of hydrogen-bond donors (Lipinski definition) is 0. The molecule has 1 atom stereocenters. The van der Waals surface area contributed by atoms with Crippen molar-refractivity contribution >= 4 is 15.9 Å². The lowest BCUT2D eigenvalue weighted by Crippen LogP contribution is -2.65. The Morgan fingerprint density at radius 2 is 1.70 bits per heavy atom. The average molecular weight is 334 g/mol. The number of hydrogen-bond acceptors (Lipinski definition) is 3. The van der Waals surface area contributed by atoms with Crippen LogP contribution >= 0.6 is 0 Å². The van der Waals surface area contributed by atoms with E-state index in [4.69, 9.17) is 0 Å². The van der Waals surface area contributed by atoms with Crippen molar-refractivity contribution in [1.29, 1.82) is 0 Å². The Kier molecular flexibility index (Phi) is 3.32. The summed E-state index contributed by atoms with van der Waals surface area (Å²) < 4.78 is 26.4. The maximum Gasteiger partial charge on any atom is 0.231 e. The first-order valence-electron chi connectivity index (χ1n) is 8.28. The van der Waals surface area contributed by atoms with Crippen molar-refractivity contribution in [1.82, 2.24) is 9.21 Å². The van der Waals surface area contributed by atoms with E-state index in [0.29, 0.717) is 25.9 Å². The van der Waals surface area contributed by atoms with Gasteiger partial charge in [0.2, 0.25) is 15.9 Å². The Morgan fingerprint density at radius 1 is 1.09 bits per heavy atom. The van der Waals surface area contributed by atoms with Crippen molar-refractivity contribution in [2.45, 2.75) is 37.0 Å². The van der Waals surface area contributed by atoms with Crippen LogP contribution in [0.3, 0.4) is 0 Å². The molecule has 0 radical (unpaired) electrons. The first kappa shape index (κ1) is 15.1. The van der Waals surface area contributed by atoms with E-state index < -0.39 is 15.4 Å². The Balaban J connectivity index is 1.56. The zero-order valence-corrected chi connectivity index (χ0v) is 14.1. The van der Waals surface area contributed by atoms with E-state index in [0.717, 1.165) is 18.4 Å². The number of amides is 1. The third-order valence-corrected chi connectivity index (χ3v) is 8.09. The molecule has 0 bridgehead atoms. The number of sulfonamides is 1. The molecule has 1 amide bonds. The van der Waals surface area contributed by atoms with Gasteiger partial charge in [-0.15, -0.1) is 0 Å². The summed E-state index contributed by atoms with van der Waals surface area (Å²) >= 11 is 0. The van der Waals surface area contributed by atoms with Gasteiger partial charge in [0.15, 0.2) is 0 Å². The van der Waals surface area contributed by atoms with Gasteiger partial charge >= 0.3 is 0 Å². The van der Waals surface area contributed by atoms with Crippen molar-refractivity contribution in [3.8, 4) is 0 Å². The fourth-order valence-electron chi connectivity index (χ4n) is 4.27. The van der Waals surface area contributed by atoms with Crippen LogP contribution in [0.25, 0.3) is 0 Å². The highest BCUT2D eigenvalue weighted by Gasteiger charge is 2.61. The predicted octanol–water partition coefficient (Wildman–Crippen LogP) is 1.77. The molecule has 3 aliphatic rings. The quantitative estimate of drug-likeness (QED) is 0.792. The lowest BCUT2D eigenvalue weighted by atomic mass is 9.63. The summed E-state index contributed by atoms with van der Waals surface area (Å²) in [6.45, 7) is 0.948. The van der Waals surface area contributed by atoms with Gasteiger partial charge in [-0.3, -0.25) is 4.79 Å². The standard InChI is InChI=1S/C17H22N2O3S/c1-18-15(13-5-3-2-4-6-13)17(16(18)20)9-11-19(12-10-17)23(21,22)14-7-8-14/h2-6,14-15H,7-12H2,1H3/t15-/m0/s1. The number of carbonyl (C=O) groups excluding carboxylic acids is 1. The summed E-state index contributed by atoms with van der Waals surface area (Å²) in [7, 11) is -1.28. The monoisotopic (exact) mass is 334 g/mol. The molecule has 1 saturated carbocycles. The second kappa shape index (κ2) is 5.05. The maximum atomic E-state index is 12.6. The van der Waals surface area contributed by atoms with E-state index in [1.165, 1.54) is 0 Å².